The van der Waals surface area contributed by atoms with Gasteiger partial charge in [-0.2, -0.15) is 11.8 Å². The number of hydrogen-bond acceptors (Lipinski definition) is 3. The van der Waals surface area contributed by atoms with Crippen molar-refractivity contribution >= 4 is 29.5 Å². The monoisotopic (exact) mass is 256 g/mol. The zero-order valence-electron chi connectivity index (χ0n) is 9.26. The van der Waals surface area contributed by atoms with Gasteiger partial charge in [-0.1, -0.05) is 25.1 Å². The second-order valence-electron chi connectivity index (χ2n) is 3.48. The lowest BCUT2D eigenvalue weighted by atomic mass is 10.2. The normalized spacial score (nSPS) is 12.3. The van der Waals surface area contributed by atoms with E-state index < -0.39 is 5.97 Å². The van der Waals surface area contributed by atoms with Crippen LogP contribution in [0.1, 0.15) is 6.92 Å². The summed E-state index contributed by atoms with van der Waals surface area (Å²) in [5, 5.41) is 8.70. The fraction of sp³-hybridized carbons (Fsp3) is 0.417. The molecular formula is C12H16O2S2. The number of carboxylic acid groups (broad SMARTS) is 1. The number of carboxylic acids is 1. The van der Waals surface area contributed by atoms with Gasteiger partial charge in [-0.05, 0) is 12.1 Å². The number of hydrogen-bond donors (Lipinski definition) is 1. The summed E-state index contributed by atoms with van der Waals surface area (Å²) < 4.78 is 0. The Labute approximate surface area is 105 Å². The Morgan fingerprint density at radius 1 is 1.31 bits per heavy atom. The molecular weight excluding hydrogens is 240 g/mol. The summed E-state index contributed by atoms with van der Waals surface area (Å²) in [5.41, 5.74) is 0. The molecule has 16 heavy (non-hydrogen) atoms. The van der Waals surface area contributed by atoms with Crippen LogP contribution in [0.25, 0.3) is 0 Å². The highest BCUT2D eigenvalue weighted by molar-refractivity contribution is 8.03. The second kappa shape index (κ2) is 7.63. The maximum Gasteiger partial charge on any atom is 0.307 e. The van der Waals surface area contributed by atoms with Crippen molar-refractivity contribution in [3.8, 4) is 0 Å². The van der Waals surface area contributed by atoms with Crippen molar-refractivity contribution in [1.29, 1.82) is 0 Å². The van der Waals surface area contributed by atoms with E-state index in [-0.39, 0.29) is 5.92 Å². The predicted molar refractivity (Wildman–Crippen MR) is 71.3 cm³/mol. The smallest absolute Gasteiger partial charge is 0.307 e. The van der Waals surface area contributed by atoms with Gasteiger partial charge in [0.1, 0.15) is 0 Å². The fourth-order valence-electron chi connectivity index (χ4n) is 1.07. The number of benzene rings is 1. The Bertz CT molecular complexity index is 314. The van der Waals surface area contributed by atoms with Crippen LogP contribution in [0.5, 0.6) is 0 Å². The van der Waals surface area contributed by atoms with Gasteiger partial charge in [0, 0.05) is 22.2 Å². The van der Waals surface area contributed by atoms with Crippen molar-refractivity contribution in [2.24, 2.45) is 5.92 Å². The summed E-state index contributed by atoms with van der Waals surface area (Å²) >= 11 is 3.52. The minimum absolute atomic E-state index is 0.244. The highest BCUT2D eigenvalue weighted by Gasteiger charge is 2.09. The lowest BCUT2D eigenvalue weighted by Gasteiger charge is -2.05. The number of rotatable bonds is 7. The third kappa shape index (κ3) is 5.47. The van der Waals surface area contributed by atoms with E-state index in [2.05, 4.69) is 12.1 Å². The highest BCUT2D eigenvalue weighted by Crippen LogP contribution is 2.19. The van der Waals surface area contributed by atoms with Crippen molar-refractivity contribution in [2.75, 3.05) is 17.3 Å². The minimum atomic E-state index is -0.705. The molecule has 0 radical (unpaired) electrons. The zero-order valence-corrected chi connectivity index (χ0v) is 10.9. The first kappa shape index (κ1) is 13.5. The van der Waals surface area contributed by atoms with Crippen LogP contribution in [0.2, 0.25) is 0 Å². The summed E-state index contributed by atoms with van der Waals surface area (Å²) in [5.74, 6) is 1.78. The molecule has 0 aliphatic rings. The number of carbonyl (C=O) groups is 1. The van der Waals surface area contributed by atoms with Crippen molar-refractivity contribution in [2.45, 2.75) is 11.8 Å². The molecule has 0 saturated carbocycles. The van der Waals surface area contributed by atoms with Gasteiger partial charge in [0.15, 0.2) is 0 Å². The molecule has 88 valence electrons. The van der Waals surface area contributed by atoms with Crippen molar-refractivity contribution in [3.05, 3.63) is 30.3 Å². The van der Waals surface area contributed by atoms with Crippen LogP contribution in [-0.2, 0) is 4.79 Å². The summed E-state index contributed by atoms with van der Waals surface area (Å²) in [4.78, 5) is 11.8. The average molecular weight is 256 g/mol. The van der Waals surface area contributed by atoms with Crippen LogP contribution >= 0.6 is 23.5 Å². The predicted octanol–water partition coefficient (Wildman–Crippen LogP) is 3.23. The van der Waals surface area contributed by atoms with Crippen LogP contribution in [0, 0.1) is 5.92 Å². The van der Waals surface area contributed by atoms with Crippen LogP contribution in [0.15, 0.2) is 35.2 Å². The largest absolute Gasteiger partial charge is 0.481 e. The van der Waals surface area contributed by atoms with Gasteiger partial charge in [-0.25, -0.2) is 0 Å². The Balaban J connectivity index is 2.07. The van der Waals surface area contributed by atoms with Gasteiger partial charge in [-0.15, -0.1) is 11.8 Å². The Morgan fingerprint density at radius 3 is 2.62 bits per heavy atom. The van der Waals surface area contributed by atoms with E-state index in [4.69, 9.17) is 5.11 Å². The molecule has 0 bridgehead atoms. The molecule has 0 spiro atoms. The molecule has 1 atom stereocenters. The number of thioether (sulfide) groups is 2. The first-order chi connectivity index (χ1) is 7.70. The Morgan fingerprint density at radius 2 is 2.00 bits per heavy atom. The Hall–Kier alpha value is -0.610. The van der Waals surface area contributed by atoms with E-state index in [1.807, 2.05) is 30.0 Å². The molecule has 1 rings (SSSR count). The highest BCUT2D eigenvalue weighted by atomic mass is 32.2. The minimum Gasteiger partial charge on any atom is -0.481 e. The quantitative estimate of drug-likeness (QED) is 0.600. The molecule has 4 heteroatoms. The lowest BCUT2D eigenvalue weighted by molar-refractivity contribution is -0.140. The van der Waals surface area contributed by atoms with Crippen LogP contribution in [0.3, 0.4) is 0 Å². The van der Waals surface area contributed by atoms with Crippen molar-refractivity contribution in [1.82, 2.24) is 0 Å². The third-order valence-electron chi connectivity index (χ3n) is 2.03. The van der Waals surface area contributed by atoms with Crippen molar-refractivity contribution in [3.63, 3.8) is 0 Å². The molecule has 1 aromatic carbocycles. The summed E-state index contributed by atoms with van der Waals surface area (Å²) in [7, 11) is 0. The molecule has 2 nitrogen and oxygen atoms in total. The van der Waals surface area contributed by atoms with Gasteiger partial charge in [0.2, 0.25) is 0 Å². The lowest BCUT2D eigenvalue weighted by Crippen LogP contribution is -2.12. The molecule has 1 aromatic rings. The van der Waals surface area contributed by atoms with Gasteiger partial charge in [0.05, 0.1) is 5.92 Å². The van der Waals surface area contributed by atoms with E-state index in [0.717, 1.165) is 11.5 Å². The van der Waals surface area contributed by atoms with E-state index in [1.165, 1.54) is 4.90 Å². The summed E-state index contributed by atoms with van der Waals surface area (Å²) in [6.45, 7) is 1.75. The molecule has 1 unspecified atom stereocenters. The molecule has 0 heterocycles. The molecule has 0 aromatic heterocycles. The standard InChI is InChI=1S/C12H16O2S2/c1-10(12(13)14)9-15-7-8-16-11-5-3-2-4-6-11/h2-6,10H,7-9H2,1H3,(H,13,14). The maximum atomic E-state index is 10.6. The number of aliphatic carboxylic acids is 1. The summed E-state index contributed by atoms with van der Waals surface area (Å²) in [6, 6.07) is 10.3. The third-order valence-corrected chi connectivity index (χ3v) is 4.53. The first-order valence-electron chi connectivity index (χ1n) is 5.18. The van der Waals surface area contributed by atoms with E-state index >= 15 is 0 Å². The van der Waals surface area contributed by atoms with E-state index in [1.54, 1.807) is 18.7 Å². The first-order valence-corrected chi connectivity index (χ1v) is 7.32. The van der Waals surface area contributed by atoms with Gasteiger partial charge in [0.25, 0.3) is 0 Å². The molecule has 1 N–H and O–H groups in total. The average Bonchev–Trinajstić information content (AvgIpc) is 2.29. The Kier molecular flexibility index (Phi) is 6.42. The van der Waals surface area contributed by atoms with Crippen LogP contribution < -0.4 is 0 Å². The molecule has 0 aliphatic heterocycles. The van der Waals surface area contributed by atoms with Gasteiger partial charge < -0.3 is 5.11 Å². The van der Waals surface area contributed by atoms with E-state index in [9.17, 15) is 4.79 Å². The molecule has 0 amide bonds. The molecule has 0 aliphatic carbocycles. The molecule has 0 saturated heterocycles. The maximum absolute atomic E-state index is 10.6. The van der Waals surface area contributed by atoms with E-state index in [0.29, 0.717) is 5.75 Å². The van der Waals surface area contributed by atoms with Crippen LogP contribution in [0.4, 0.5) is 0 Å². The second-order valence-corrected chi connectivity index (χ2v) is 5.79. The topological polar surface area (TPSA) is 37.3 Å². The summed E-state index contributed by atoms with van der Waals surface area (Å²) in [6.07, 6.45) is 0. The molecule has 0 fully saturated rings. The van der Waals surface area contributed by atoms with Gasteiger partial charge >= 0.3 is 5.97 Å². The SMILES string of the molecule is CC(CSCCSc1ccccc1)C(=O)O. The van der Waals surface area contributed by atoms with Gasteiger partial charge in [-0.3, -0.25) is 4.79 Å². The fourth-order valence-corrected chi connectivity index (χ4v) is 3.12. The van der Waals surface area contributed by atoms with Crippen molar-refractivity contribution < 1.29 is 9.90 Å². The zero-order chi connectivity index (χ0) is 11.8. The van der Waals surface area contributed by atoms with Crippen LogP contribution in [-0.4, -0.2) is 28.3 Å².